The molecular formula is C17H26N2O. The van der Waals surface area contributed by atoms with Crippen LogP contribution in [0.2, 0.25) is 0 Å². The molecule has 0 aliphatic heterocycles. The van der Waals surface area contributed by atoms with Crippen LogP contribution in [-0.4, -0.2) is 18.5 Å². The summed E-state index contributed by atoms with van der Waals surface area (Å²) in [4.78, 5) is 12.0. The molecule has 1 amide bonds. The third-order valence-corrected chi connectivity index (χ3v) is 4.25. The normalized spacial score (nSPS) is 24.1. The summed E-state index contributed by atoms with van der Waals surface area (Å²) in [5.74, 6) is 1.40. The van der Waals surface area contributed by atoms with Crippen molar-refractivity contribution in [1.29, 1.82) is 0 Å². The van der Waals surface area contributed by atoms with Crippen molar-refractivity contribution in [2.45, 2.75) is 45.1 Å². The van der Waals surface area contributed by atoms with Gasteiger partial charge in [-0.3, -0.25) is 4.79 Å². The Labute approximate surface area is 121 Å². The highest BCUT2D eigenvalue weighted by atomic mass is 16.2. The second kappa shape index (κ2) is 7.44. The van der Waals surface area contributed by atoms with Crippen molar-refractivity contribution >= 4 is 5.91 Å². The molecule has 2 rings (SSSR count). The lowest BCUT2D eigenvalue weighted by molar-refractivity contribution is -0.122. The van der Waals surface area contributed by atoms with Gasteiger partial charge >= 0.3 is 0 Å². The largest absolute Gasteiger partial charge is 0.354 e. The van der Waals surface area contributed by atoms with Gasteiger partial charge in [0.25, 0.3) is 0 Å². The summed E-state index contributed by atoms with van der Waals surface area (Å²) in [6.45, 7) is 3.08. The van der Waals surface area contributed by atoms with E-state index in [9.17, 15) is 4.79 Å². The Hall–Kier alpha value is -1.35. The monoisotopic (exact) mass is 274 g/mol. The third kappa shape index (κ3) is 4.64. The quantitative estimate of drug-likeness (QED) is 0.866. The maximum atomic E-state index is 12.0. The van der Waals surface area contributed by atoms with Crippen molar-refractivity contribution in [3.8, 4) is 0 Å². The van der Waals surface area contributed by atoms with Gasteiger partial charge in [-0.1, -0.05) is 50.1 Å². The van der Waals surface area contributed by atoms with E-state index in [1.54, 1.807) is 0 Å². The van der Waals surface area contributed by atoms with E-state index in [1.807, 2.05) is 30.3 Å². The first-order chi connectivity index (χ1) is 9.65. The molecule has 0 radical (unpaired) electrons. The first-order valence-electron chi connectivity index (χ1n) is 7.72. The number of hydrogen-bond donors (Lipinski definition) is 2. The lowest BCUT2D eigenvalue weighted by Gasteiger charge is -2.27. The van der Waals surface area contributed by atoms with Crippen LogP contribution in [0.5, 0.6) is 0 Å². The second-order valence-electron chi connectivity index (χ2n) is 6.18. The third-order valence-electron chi connectivity index (χ3n) is 4.25. The minimum atomic E-state index is -0.446. The average Bonchev–Trinajstić information content (AvgIpc) is 2.46. The molecule has 0 aromatic heterocycles. The predicted molar refractivity (Wildman–Crippen MR) is 82.3 cm³/mol. The maximum Gasteiger partial charge on any atom is 0.237 e. The number of carbonyl (C=O) groups is 1. The number of amides is 1. The van der Waals surface area contributed by atoms with Gasteiger partial charge in [0, 0.05) is 6.54 Å². The molecule has 20 heavy (non-hydrogen) atoms. The minimum Gasteiger partial charge on any atom is -0.354 e. The number of rotatable bonds is 5. The van der Waals surface area contributed by atoms with Gasteiger partial charge in [0.05, 0.1) is 6.04 Å². The lowest BCUT2D eigenvalue weighted by Crippen LogP contribution is -2.44. The molecule has 3 nitrogen and oxygen atoms in total. The number of nitrogens with one attached hydrogen (secondary N) is 1. The molecule has 0 spiro atoms. The van der Waals surface area contributed by atoms with Crippen molar-refractivity contribution in [3.63, 3.8) is 0 Å². The van der Waals surface area contributed by atoms with Gasteiger partial charge in [0.2, 0.25) is 5.91 Å². The summed E-state index contributed by atoms with van der Waals surface area (Å²) in [6.07, 6.45) is 5.69. The summed E-state index contributed by atoms with van der Waals surface area (Å²) in [7, 11) is 0. The van der Waals surface area contributed by atoms with E-state index in [0.717, 1.165) is 18.0 Å². The van der Waals surface area contributed by atoms with Gasteiger partial charge in [-0.05, 0) is 36.7 Å². The van der Waals surface area contributed by atoms with Crippen LogP contribution in [0.25, 0.3) is 0 Å². The Balaban J connectivity index is 1.74. The van der Waals surface area contributed by atoms with Gasteiger partial charge in [-0.2, -0.15) is 0 Å². The molecule has 1 aromatic carbocycles. The number of hydrogen-bond acceptors (Lipinski definition) is 2. The zero-order chi connectivity index (χ0) is 14.4. The summed E-state index contributed by atoms with van der Waals surface area (Å²) in [6, 6.07) is 9.50. The van der Waals surface area contributed by atoms with Crippen LogP contribution in [0.15, 0.2) is 30.3 Å². The molecule has 0 heterocycles. The lowest BCUT2D eigenvalue weighted by atomic mass is 9.82. The van der Waals surface area contributed by atoms with E-state index in [4.69, 9.17) is 5.73 Å². The van der Waals surface area contributed by atoms with Crippen LogP contribution >= 0.6 is 0 Å². The first-order valence-corrected chi connectivity index (χ1v) is 7.72. The first kappa shape index (κ1) is 15.0. The van der Waals surface area contributed by atoms with E-state index < -0.39 is 6.04 Å². The topological polar surface area (TPSA) is 55.1 Å². The minimum absolute atomic E-state index is 0.0212. The molecular weight excluding hydrogens is 248 g/mol. The molecule has 3 heteroatoms. The molecule has 2 unspecified atom stereocenters. The molecule has 0 bridgehead atoms. The Kier molecular flexibility index (Phi) is 5.60. The van der Waals surface area contributed by atoms with Gasteiger partial charge < -0.3 is 11.1 Å². The Morgan fingerprint density at radius 1 is 1.35 bits per heavy atom. The molecule has 3 atom stereocenters. The fraction of sp³-hybridized carbons (Fsp3) is 0.588. The highest BCUT2D eigenvalue weighted by molar-refractivity contribution is 5.81. The van der Waals surface area contributed by atoms with Crippen LogP contribution in [0, 0.1) is 11.8 Å². The summed E-state index contributed by atoms with van der Waals surface area (Å²) >= 11 is 0. The molecule has 1 aliphatic rings. The molecule has 110 valence electrons. The van der Waals surface area contributed by atoms with E-state index in [2.05, 4.69) is 12.2 Å². The number of nitrogens with two attached hydrogens (primary N) is 1. The van der Waals surface area contributed by atoms with E-state index in [-0.39, 0.29) is 5.91 Å². The Morgan fingerprint density at radius 2 is 2.10 bits per heavy atom. The standard InChI is InChI=1S/C17H26N2O/c1-13-6-5-9-15(10-13)12-19-17(20)16(18)11-14-7-3-2-4-8-14/h2-4,7-8,13,15-16H,5-6,9-12,18H2,1H3,(H,19,20)/t13?,15?,16-/m1/s1. The van der Waals surface area contributed by atoms with E-state index in [1.165, 1.54) is 25.7 Å². The molecule has 1 aliphatic carbocycles. The summed E-state index contributed by atoms with van der Waals surface area (Å²) < 4.78 is 0. The van der Waals surface area contributed by atoms with Gasteiger partial charge in [0.15, 0.2) is 0 Å². The van der Waals surface area contributed by atoms with E-state index in [0.29, 0.717) is 12.3 Å². The second-order valence-corrected chi connectivity index (χ2v) is 6.18. The SMILES string of the molecule is CC1CCCC(CNC(=O)[C@H](N)Cc2ccccc2)C1. The maximum absolute atomic E-state index is 12.0. The molecule has 1 saturated carbocycles. The smallest absolute Gasteiger partial charge is 0.237 e. The van der Waals surface area contributed by atoms with Crippen LogP contribution in [0.1, 0.15) is 38.2 Å². The number of benzene rings is 1. The zero-order valence-electron chi connectivity index (χ0n) is 12.3. The van der Waals surface area contributed by atoms with Gasteiger partial charge in [-0.25, -0.2) is 0 Å². The van der Waals surface area contributed by atoms with Crippen LogP contribution in [-0.2, 0) is 11.2 Å². The summed E-state index contributed by atoms with van der Waals surface area (Å²) in [5.41, 5.74) is 7.09. The van der Waals surface area contributed by atoms with Crippen LogP contribution in [0.4, 0.5) is 0 Å². The Morgan fingerprint density at radius 3 is 2.80 bits per heavy atom. The van der Waals surface area contributed by atoms with Crippen molar-refractivity contribution in [2.75, 3.05) is 6.54 Å². The highest BCUT2D eigenvalue weighted by Gasteiger charge is 2.20. The molecule has 0 saturated heterocycles. The van der Waals surface area contributed by atoms with Crippen molar-refractivity contribution in [2.24, 2.45) is 17.6 Å². The average molecular weight is 274 g/mol. The van der Waals surface area contributed by atoms with Gasteiger partial charge in [-0.15, -0.1) is 0 Å². The van der Waals surface area contributed by atoms with Gasteiger partial charge in [0.1, 0.15) is 0 Å². The van der Waals surface area contributed by atoms with Crippen molar-refractivity contribution in [1.82, 2.24) is 5.32 Å². The molecule has 1 fully saturated rings. The summed E-state index contributed by atoms with van der Waals surface area (Å²) in [5, 5.41) is 3.03. The van der Waals surface area contributed by atoms with Crippen molar-refractivity contribution < 1.29 is 4.79 Å². The zero-order valence-corrected chi connectivity index (χ0v) is 12.3. The fourth-order valence-electron chi connectivity index (χ4n) is 3.08. The molecule has 3 N–H and O–H groups in total. The van der Waals surface area contributed by atoms with E-state index >= 15 is 0 Å². The Bertz CT molecular complexity index is 418. The number of carbonyl (C=O) groups excluding carboxylic acids is 1. The highest BCUT2D eigenvalue weighted by Crippen LogP contribution is 2.27. The predicted octanol–water partition coefficient (Wildman–Crippen LogP) is 2.50. The van der Waals surface area contributed by atoms with Crippen LogP contribution in [0.3, 0.4) is 0 Å². The van der Waals surface area contributed by atoms with Crippen molar-refractivity contribution in [3.05, 3.63) is 35.9 Å². The van der Waals surface area contributed by atoms with Crippen LogP contribution < -0.4 is 11.1 Å². The fourth-order valence-corrected chi connectivity index (χ4v) is 3.08. The molecule has 1 aromatic rings.